The second-order valence-corrected chi connectivity index (χ2v) is 18.9. The van der Waals surface area contributed by atoms with E-state index in [2.05, 4.69) is 42.5 Å². The van der Waals surface area contributed by atoms with Gasteiger partial charge in [0.25, 0.3) is 15.9 Å². The van der Waals surface area contributed by atoms with Crippen LogP contribution in [0.15, 0.2) is 82.7 Å². The Kier molecular flexibility index (Phi) is 16.4. The largest absolute Gasteiger partial charge is 0.465 e. The zero-order chi connectivity index (χ0) is 45.1. The number of aromatic nitrogens is 3. The minimum atomic E-state index is -4.18. The van der Waals surface area contributed by atoms with Gasteiger partial charge < -0.3 is 20.1 Å². The van der Waals surface area contributed by atoms with E-state index in [0.717, 1.165) is 71.9 Å². The first-order valence-corrected chi connectivity index (χ1v) is 24.3. The number of ether oxygens (including phenoxy) is 2. The molecule has 0 aliphatic carbocycles. The lowest BCUT2D eigenvalue weighted by atomic mass is 9.94. The second-order valence-electron chi connectivity index (χ2n) is 17.0. The van der Waals surface area contributed by atoms with Gasteiger partial charge in [0.1, 0.15) is 29.0 Å². The third-order valence-electron chi connectivity index (χ3n) is 11.8. The third-order valence-corrected chi connectivity index (χ3v) is 13.6. The summed E-state index contributed by atoms with van der Waals surface area (Å²) in [6, 6.07) is 21.7. The highest BCUT2D eigenvalue weighted by Crippen LogP contribution is 2.39. The molecule has 3 unspecified atom stereocenters. The molecule has 1 amide bonds. The summed E-state index contributed by atoms with van der Waals surface area (Å²) in [5.41, 5.74) is 4.58. The normalized spacial score (nSPS) is 14.8. The molecule has 6 rings (SSSR count). The average molecular weight is 878 g/mol. The van der Waals surface area contributed by atoms with Crippen molar-refractivity contribution in [1.82, 2.24) is 19.1 Å². The van der Waals surface area contributed by atoms with Gasteiger partial charge in [0.2, 0.25) is 6.29 Å². The van der Waals surface area contributed by atoms with Gasteiger partial charge in [0.05, 0.1) is 5.69 Å². The van der Waals surface area contributed by atoms with Crippen LogP contribution in [0.4, 0.5) is 17.1 Å². The van der Waals surface area contributed by atoms with Gasteiger partial charge in [0, 0.05) is 24.3 Å². The molecule has 0 bridgehead atoms. The predicted octanol–water partition coefficient (Wildman–Crippen LogP) is 11.6. The van der Waals surface area contributed by atoms with Crippen LogP contribution in [0, 0.1) is 40.5 Å². The van der Waals surface area contributed by atoms with Gasteiger partial charge in [-0.15, -0.1) is 0 Å². The molecular weight excluding hydrogens is 811 g/mol. The summed E-state index contributed by atoms with van der Waals surface area (Å²) in [4.78, 5) is 24.9. The Morgan fingerprint density at radius 1 is 0.794 bits per heavy atom. The van der Waals surface area contributed by atoms with E-state index in [0.29, 0.717) is 29.4 Å². The van der Waals surface area contributed by atoms with Gasteiger partial charge in [-0.1, -0.05) is 120 Å². The first-order chi connectivity index (χ1) is 30.3. The molecule has 0 saturated heterocycles. The molecule has 1 aromatic heterocycles. The maximum atomic E-state index is 15.2. The van der Waals surface area contributed by atoms with Crippen LogP contribution in [0.25, 0.3) is 10.8 Å². The first-order valence-electron chi connectivity index (χ1n) is 22.9. The number of sulfonamides is 1. The van der Waals surface area contributed by atoms with Crippen molar-refractivity contribution in [2.75, 3.05) is 23.9 Å². The molecule has 1 aliphatic rings. The van der Waals surface area contributed by atoms with Gasteiger partial charge >= 0.3 is 0 Å². The number of unbranched alkanes of at least 4 members (excludes halogenated alkanes) is 6. The highest BCUT2D eigenvalue weighted by molar-refractivity contribution is 7.90. The number of aryl methyl sites for hydroxylation is 5. The molecule has 2 heterocycles. The van der Waals surface area contributed by atoms with Crippen molar-refractivity contribution in [3.05, 3.63) is 101 Å². The smallest absolute Gasteiger partial charge is 0.267 e. The van der Waals surface area contributed by atoms with E-state index in [4.69, 9.17) is 19.6 Å². The Balaban J connectivity index is 1.33. The van der Waals surface area contributed by atoms with Crippen LogP contribution in [0.2, 0.25) is 0 Å². The molecule has 338 valence electrons. The first kappa shape index (κ1) is 47.2. The molecule has 1 aliphatic heterocycles. The van der Waals surface area contributed by atoms with Crippen LogP contribution >= 0.6 is 0 Å². The number of carbonyl (C=O) groups is 1. The van der Waals surface area contributed by atoms with Gasteiger partial charge in [-0.05, 0) is 106 Å². The van der Waals surface area contributed by atoms with E-state index < -0.39 is 28.3 Å². The summed E-state index contributed by atoms with van der Waals surface area (Å²) in [5, 5.41) is 12.8. The topological polar surface area (TPSA) is 140 Å². The Hall–Kier alpha value is -5.27. The number of nitrogens with zero attached hydrogens (tertiary/aromatic N) is 5. The fourth-order valence-electron chi connectivity index (χ4n) is 8.29. The standard InChI is InChI=1S/C50H67N7O5S/c1-9-12-14-15-16-17-21-39(20-13-10-2)32-56-49(53-44-29-40-22-18-19-23-41(40)30-46(44)63(56,59)60)48(57-38(8)52-37(7)55-57)50(58)54-43-31-42(26-25-35(43)5)51-33-61-47(11-3)62-45-27-24-34(4)28-36(45)6/h18-19,22-31,39,47-48,51H,9-17,20-21,32-33H2,1-8H3,(H,54,58). The van der Waals surface area contributed by atoms with Crippen LogP contribution < -0.4 is 15.4 Å². The quantitative estimate of drug-likeness (QED) is 0.0488. The van der Waals surface area contributed by atoms with Gasteiger partial charge in [-0.3, -0.25) is 9.10 Å². The summed E-state index contributed by atoms with van der Waals surface area (Å²) in [6.45, 7) is 16.3. The lowest BCUT2D eigenvalue weighted by Crippen LogP contribution is -2.49. The second kappa shape index (κ2) is 21.9. The number of nitrogens with one attached hydrogen (secondary N) is 2. The molecular formula is C50H67N7O5S. The van der Waals surface area contributed by atoms with Gasteiger partial charge in [-0.2, -0.15) is 5.10 Å². The molecule has 0 fully saturated rings. The van der Waals surface area contributed by atoms with E-state index in [1.165, 1.54) is 40.2 Å². The number of carbonyl (C=O) groups excluding carboxylic acids is 1. The predicted molar refractivity (Wildman–Crippen MR) is 254 cm³/mol. The highest BCUT2D eigenvalue weighted by Gasteiger charge is 2.43. The molecule has 5 aromatic rings. The van der Waals surface area contributed by atoms with Crippen LogP contribution in [0.5, 0.6) is 5.75 Å². The Labute approximate surface area is 374 Å². The van der Waals surface area contributed by atoms with Crippen molar-refractivity contribution in [3.8, 4) is 5.75 Å². The van der Waals surface area contributed by atoms with Crippen molar-refractivity contribution in [3.63, 3.8) is 0 Å². The number of aliphatic imine (C=N–C) groups is 1. The van der Waals surface area contributed by atoms with E-state index in [-0.39, 0.29) is 29.9 Å². The molecule has 63 heavy (non-hydrogen) atoms. The number of fused-ring (bicyclic) bond motifs is 2. The van der Waals surface area contributed by atoms with E-state index >= 15 is 13.2 Å². The molecule has 0 radical (unpaired) electrons. The maximum absolute atomic E-state index is 15.2. The van der Waals surface area contributed by atoms with Crippen molar-refractivity contribution >= 4 is 49.6 Å². The Morgan fingerprint density at radius 3 is 2.21 bits per heavy atom. The summed E-state index contributed by atoms with van der Waals surface area (Å²) in [7, 11) is -4.18. The molecule has 0 spiro atoms. The Morgan fingerprint density at radius 2 is 1.51 bits per heavy atom. The lowest BCUT2D eigenvalue weighted by Gasteiger charge is -2.36. The number of anilines is 2. The maximum Gasteiger partial charge on any atom is 0.267 e. The molecule has 13 heteroatoms. The summed E-state index contributed by atoms with van der Waals surface area (Å²) >= 11 is 0. The minimum Gasteiger partial charge on any atom is -0.465 e. The number of amides is 1. The van der Waals surface area contributed by atoms with Crippen LogP contribution in [-0.2, 0) is 19.6 Å². The summed E-state index contributed by atoms with van der Waals surface area (Å²) in [6.07, 6.45) is 10.8. The number of hydrogen-bond acceptors (Lipinski definition) is 9. The SMILES string of the molecule is CCCCCCCCC(CCCC)CN1C(C(C(=O)Nc2cc(NCOC(CC)Oc3ccc(C)cc3C)ccc2C)n2nc(C)nc2C)=Nc2cc3ccccc3cc2S1(=O)=O. The fourth-order valence-corrected chi connectivity index (χ4v) is 9.97. The fraction of sp³-hybridized carbons (Fsp3) is 0.480. The molecule has 12 nitrogen and oxygen atoms in total. The van der Waals surface area contributed by atoms with E-state index in [1.807, 2.05) is 75.4 Å². The van der Waals surface area contributed by atoms with Gasteiger partial charge in [0.15, 0.2) is 11.9 Å². The van der Waals surface area contributed by atoms with Crippen molar-refractivity contribution in [1.29, 1.82) is 0 Å². The Bertz CT molecular complexity index is 2480. The zero-order valence-corrected chi connectivity index (χ0v) is 39.4. The monoisotopic (exact) mass is 877 g/mol. The number of amidine groups is 1. The number of rotatable bonds is 23. The van der Waals surface area contributed by atoms with E-state index in [9.17, 15) is 0 Å². The zero-order valence-electron chi connectivity index (χ0n) is 38.5. The lowest BCUT2D eigenvalue weighted by molar-refractivity contribution is -0.117. The molecule has 0 saturated carbocycles. The van der Waals surface area contributed by atoms with E-state index in [1.54, 1.807) is 26.0 Å². The minimum absolute atomic E-state index is 0.0613. The average Bonchev–Trinajstić information content (AvgIpc) is 3.59. The molecule has 4 aromatic carbocycles. The van der Waals surface area contributed by atoms with Crippen molar-refractivity contribution < 1.29 is 22.7 Å². The van der Waals surface area contributed by atoms with Crippen LogP contribution in [0.3, 0.4) is 0 Å². The highest BCUT2D eigenvalue weighted by atomic mass is 32.2. The summed E-state index contributed by atoms with van der Waals surface area (Å²) in [5.74, 6) is 1.37. The number of benzene rings is 4. The third kappa shape index (κ3) is 11.9. The van der Waals surface area contributed by atoms with Crippen LogP contribution in [0.1, 0.15) is 126 Å². The van der Waals surface area contributed by atoms with Crippen LogP contribution in [-0.4, -0.2) is 58.8 Å². The van der Waals surface area contributed by atoms with Gasteiger partial charge in [-0.25, -0.2) is 23.1 Å². The molecule has 3 atom stereocenters. The van der Waals surface area contributed by atoms with Crippen molar-refractivity contribution in [2.45, 2.75) is 143 Å². The number of hydrogen-bond donors (Lipinski definition) is 2. The van der Waals surface area contributed by atoms with Crippen molar-refractivity contribution in [2.24, 2.45) is 10.9 Å². The molecule has 2 N–H and O–H groups in total. The summed E-state index contributed by atoms with van der Waals surface area (Å²) < 4.78 is 45.5.